The fourth-order valence-corrected chi connectivity index (χ4v) is 9.92. The summed E-state index contributed by atoms with van der Waals surface area (Å²) in [7, 11) is 0.903. The van der Waals surface area contributed by atoms with Crippen LogP contribution in [0.25, 0.3) is 22.4 Å². The standard InChI is InChI=1S/C33H35FN2O5.C26H25F9N2O4.Ca/c1-21(2)31-30(33(41)35-25-11-7-4-8-12-25)29(22-9-5-3-6-10-22)32(23-13-15-24(34)16-14-23)36(31)18-17-26(37)19-27(38)20-28(39)40;1-4-18-12-21(19-11-15(24(27,28)29)6-7-20(19)37(18)23(39)41-5-2)36(22(38)40-3)13-14-8-16(25(30,31)32)10-17(9-14)26(33,34)35;/h3-16,21,26-27,37-38H,17-20H2,1-2H3,(H,35,41)(H,39,40);6-11,18,21H,4-5,12-13H2,1-3H3;/q;;+2/t26-,27-;18-,21+;/m11./s1. The number of fused-ring (bicyclic) bond motifs is 1. The smallest absolute Gasteiger partial charge is 0.481 e. The van der Waals surface area contributed by atoms with Crippen LogP contribution in [-0.2, 0) is 45.9 Å². The van der Waals surface area contributed by atoms with Crippen LogP contribution in [0.3, 0.4) is 0 Å². The molecular formula is C59H60CaF10N4O9+2. The SMILES string of the molecule is CC(C)c1c(C(=O)Nc2ccccc2)c(-c2ccccc2)c(-c2ccc(F)cc2)n1CC[C@@H](O)C[C@@H](O)CC(=O)O.CCOC(=O)N1c2ccc(C(F)(F)F)cc2[C@@H](N(Cc2cc(C(F)(F)F)cc(C(F)(F)F)c2)C(=O)OC)C[C@H]1CC.[Ca+2]. The summed E-state index contributed by atoms with van der Waals surface area (Å²) in [5, 5.41) is 32.8. The van der Waals surface area contributed by atoms with E-state index in [2.05, 4.69) is 5.32 Å². The number of carbonyl (C=O) groups excluding carboxylic acids is 3. The van der Waals surface area contributed by atoms with E-state index in [1.54, 1.807) is 19.1 Å². The number of para-hydroxylation sites is 1. The Labute approximate surface area is 501 Å². The molecule has 0 aliphatic carbocycles. The number of aromatic nitrogens is 1. The molecule has 13 nitrogen and oxygen atoms in total. The first-order valence-electron chi connectivity index (χ1n) is 25.9. The number of aliphatic hydroxyl groups excluding tert-OH is 2. The number of benzene rings is 5. The Kier molecular flexibility index (Phi) is 23.3. The normalized spacial score (nSPS) is 15.0. The number of carboxylic acids is 1. The van der Waals surface area contributed by atoms with Gasteiger partial charge in [-0.25, -0.2) is 14.0 Å². The fraction of sp³-hybridized carbons (Fsp3) is 0.356. The second-order valence-corrected chi connectivity index (χ2v) is 19.6. The van der Waals surface area contributed by atoms with Crippen LogP contribution >= 0.6 is 0 Å². The van der Waals surface area contributed by atoms with Gasteiger partial charge in [0, 0.05) is 36.1 Å². The van der Waals surface area contributed by atoms with E-state index in [1.807, 2.05) is 79.1 Å². The van der Waals surface area contributed by atoms with Crippen LogP contribution in [0, 0.1) is 5.82 Å². The third-order valence-corrected chi connectivity index (χ3v) is 13.5. The predicted molar refractivity (Wildman–Crippen MR) is 290 cm³/mol. The van der Waals surface area contributed by atoms with E-state index < -0.39 is 96.2 Å². The molecule has 24 heteroatoms. The van der Waals surface area contributed by atoms with Gasteiger partial charge in [0.25, 0.3) is 5.91 Å². The Morgan fingerprint density at radius 2 is 1.33 bits per heavy atom. The molecule has 0 saturated heterocycles. The number of aliphatic carboxylic acids is 1. The monoisotopic (exact) mass is 1200 g/mol. The number of anilines is 2. The van der Waals surface area contributed by atoms with Crippen molar-refractivity contribution in [1.29, 1.82) is 0 Å². The minimum Gasteiger partial charge on any atom is -0.481 e. The number of halogens is 10. The molecule has 0 fully saturated rings. The van der Waals surface area contributed by atoms with Gasteiger partial charge >= 0.3 is 74.4 Å². The molecule has 5 aromatic carbocycles. The molecule has 1 aromatic heterocycles. The number of hydrogen-bond acceptors (Lipinski definition) is 8. The molecule has 0 bridgehead atoms. The third-order valence-electron chi connectivity index (χ3n) is 13.5. The number of carbonyl (C=O) groups is 4. The third kappa shape index (κ3) is 17.0. The first kappa shape index (κ1) is 67.1. The molecule has 6 aromatic rings. The number of alkyl halides is 9. The van der Waals surface area contributed by atoms with Crippen molar-refractivity contribution in [3.63, 3.8) is 0 Å². The van der Waals surface area contributed by atoms with Crippen molar-refractivity contribution in [3.05, 3.63) is 166 Å². The van der Waals surface area contributed by atoms with Crippen LogP contribution in [0.4, 0.5) is 64.9 Å². The van der Waals surface area contributed by atoms with Gasteiger partial charge in [-0.2, -0.15) is 39.5 Å². The number of amides is 3. The summed E-state index contributed by atoms with van der Waals surface area (Å²) in [5.41, 5.74) is -0.504. The molecule has 0 radical (unpaired) electrons. The van der Waals surface area contributed by atoms with Crippen LogP contribution in [0.5, 0.6) is 0 Å². The molecule has 3 amide bonds. The maximum absolute atomic E-state index is 14.0. The van der Waals surface area contributed by atoms with Gasteiger partial charge in [-0.15, -0.1) is 0 Å². The van der Waals surface area contributed by atoms with Gasteiger partial charge in [0.1, 0.15) is 5.82 Å². The van der Waals surface area contributed by atoms with E-state index in [0.717, 1.165) is 34.2 Å². The number of hydrogen-bond donors (Lipinski definition) is 4. The van der Waals surface area contributed by atoms with Crippen molar-refractivity contribution in [2.24, 2.45) is 0 Å². The molecule has 0 unspecified atom stereocenters. The number of nitrogens with zero attached hydrogens (tertiary/aromatic N) is 3. The number of methoxy groups -OCH3 is 1. The minimum absolute atomic E-state index is 0. The zero-order chi connectivity index (χ0) is 60.4. The Balaban J connectivity index is 0.000000300. The minimum atomic E-state index is -5.17. The summed E-state index contributed by atoms with van der Waals surface area (Å²) >= 11 is 0. The van der Waals surface area contributed by atoms with Crippen LogP contribution in [0.15, 0.2) is 121 Å². The Bertz CT molecular complexity index is 3140. The van der Waals surface area contributed by atoms with E-state index in [0.29, 0.717) is 52.3 Å². The largest absolute Gasteiger partial charge is 2.00 e. The average molecular weight is 1200 g/mol. The van der Waals surface area contributed by atoms with E-state index in [4.69, 9.17) is 14.6 Å². The van der Waals surface area contributed by atoms with Gasteiger partial charge in [-0.05, 0) is 134 Å². The van der Waals surface area contributed by atoms with Crippen LogP contribution in [0.1, 0.15) is 116 Å². The molecular weight excluding hydrogens is 1140 g/mol. The maximum atomic E-state index is 14.0. The first-order valence-corrected chi connectivity index (χ1v) is 25.9. The van der Waals surface area contributed by atoms with E-state index in [9.17, 15) is 73.3 Å². The number of carboxylic acid groups (broad SMARTS) is 1. The van der Waals surface area contributed by atoms with Gasteiger partial charge in [0.05, 0.1) is 72.0 Å². The number of aliphatic hydroxyl groups is 2. The molecule has 1 aliphatic rings. The van der Waals surface area contributed by atoms with Crippen LogP contribution in [-0.4, -0.2) is 119 Å². The van der Waals surface area contributed by atoms with Gasteiger partial charge < -0.3 is 34.7 Å². The summed E-state index contributed by atoms with van der Waals surface area (Å²) < 4.78 is 148. The molecule has 7 rings (SSSR count). The molecule has 2 heterocycles. The average Bonchev–Trinajstić information content (AvgIpc) is 2.05. The fourth-order valence-electron chi connectivity index (χ4n) is 9.92. The van der Waals surface area contributed by atoms with Crippen molar-refractivity contribution >= 4 is 73.2 Å². The Hall–Kier alpha value is -6.66. The zero-order valence-corrected chi connectivity index (χ0v) is 47.9. The van der Waals surface area contributed by atoms with Crippen molar-refractivity contribution in [3.8, 4) is 22.4 Å². The zero-order valence-electron chi connectivity index (χ0n) is 45.7. The summed E-state index contributed by atoms with van der Waals surface area (Å²) in [4.78, 5) is 52.6. The molecule has 4 atom stereocenters. The Morgan fingerprint density at radius 1 is 0.747 bits per heavy atom. The molecule has 0 saturated carbocycles. The van der Waals surface area contributed by atoms with Crippen molar-refractivity contribution in [1.82, 2.24) is 9.47 Å². The molecule has 440 valence electrons. The topological polar surface area (TPSA) is 171 Å². The van der Waals surface area contributed by atoms with Gasteiger partial charge in [-0.3, -0.25) is 19.4 Å². The van der Waals surface area contributed by atoms with Gasteiger partial charge in [0.2, 0.25) is 0 Å². The van der Waals surface area contributed by atoms with Crippen molar-refractivity contribution < 1.29 is 87.9 Å². The Morgan fingerprint density at radius 3 is 1.84 bits per heavy atom. The number of ether oxygens (including phenoxy) is 2. The maximum Gasteiger partial charge on any atom is 2.00 e. The van der Waals surface area contributed by atoms with Crippen molar-refractivity contribution in [2.45, 2.75) is 122 Å². The predicted octanol–water partition coefficient (Wildman–Crippen LogP) is 14.1. The van der Waals surface area contributed by atoms with Gasteiger partial charge in [0.15, 0.2) is 0 Å². The summed E-state index contributed by atoms with van der Waals surface area (Å²) in [5.74, 6) is -1.93. The molecule has 83 heavy (non-hydrogen) atoms. The second-order valence-electron chi connectivity index (χ2n) is 19.6. The number of nitrogens with one attached hydrogen (secondary N) is 1. The van der Waals surface area contributed by atoms with E-state index in [1.165, 1.54) is 19.1 Å². The number of rotatable bonds is 17. The molecule has 4 N–H and O–H groups in total. The summed E-state index contributed by atoms with van der Waals surface area (Å²) in [6.07, 6.45) is -19.8. The second kappa shape index (κ2) is 28.8. The van der Waals surface area contributed by atoms with Crippen LogP contribution < -0.4 is 10.2 Å². The molecule has 0 spiro atoms. The van der Waals surface area contributed by atoms with E-state index >= 15 is 0 Å². The van der Waals surface area contributed by atoms with E-state index in [-0.39, 0.29) is 112 Å². The van der Waals surface area contributed by atoms with Crippen LogP contribution in [0.2, 0.25) is 0 Å². The first-order chi connectivity index (χ1) is 38.6. The summed E-state index contributed by atoms with van der Waals surface area (Å²) in [6.45, 7) is 6.48. The van der Waals surface area contributed by atoms with Crippen molar-refractivity contribution in [2.75, 3.05) is 23.9 Å². The summed E-state index contributed by atoms with van der Waals surface area (Å²) in [6, 6.07) is 25.8. The molecule has 1 aliphatic heterocycles. The quantitative estimate of drug-likeness (QED) is 0.0513. The van der Waals surface area contributed by atoms with Gasteiger partial charge in [-0.1, -0.05) is 69.3 Å².